The normalized spacial score (nSPS) is 13.2. The molecule has 0 bridgehead atoms. The SMILES string of the molecule is CCCCCCCC=Cc1cc(C=CCCCCCCC)cc(C2=C(CCCCC)C(CCCC)=C(c3cc(CC)cc(CC)c3)[N+]2=[N-])c1.CCC[CH2][Ni][CH2]CCC. The van der Waals surface area contributed by atoms with Gasteiger partial charge in [-0.15, -0.1) is 0 Å². The first-order valence-corrected chi connectivity index (χ1v) is 25.8. The van der Waals surface area contributed by atoms with Gasteiger partial charge in [0, 0.05) is 22.3 Å². The Morgan fingerprint density at radius 1 is 0.448 bits per heavy atom. The molecule has 0 atom stereocenters. The van der Waals surface area contributed by atoms with Crippen LogP contribution in [0.1, 0.15) is 236 Å². The molecule has 0 aliphatic carbocycles. The van der Waals surface area contributed by atoms with Crippen molar-refractivity contribution in [1.29, 1.82) is 0 Å². The predicted octanol–water partition coefficient (Wildman–Crippen LogP) is 19.0. The zero-order chi connectivity index (χ0) is 42.2. The zero-order valence-electron chi connectivity index (χ0n) is 39.1. The van der Waals surface area contributed by atoms with Gasteiger partial charge in [-0.05, 0) is 117 Å². The molecule has 0 aromatic heterocycles. The van der Waals surface area contributed by atoms with E-state index >= 15 is 0 Å². The van der Waals surface area contributed by atoms with Gasteiger partial charge in [-0.25, -0.2) is 4.70 Å². The molecular formula is C55H88N2Ni. The van der Waals surface area contributed by atoms with Crippen molar-refractivity contribution in [3.05, 3.63) is 98.6 Å². The first kappa shape index (κ1) is 51.6. The van der Waals surface area contributed by atoms with Crippen LogP contribution < -0.4 is 0 Å². The fourth-order valence-corrected chi connectivity index (χ4v) is 9.07. The van der Waals surface area contributed by atoms with Crippen molar-refractivity contribution in [1.82, 2.24) is 0 Å². The van der Waals surface area contributed by atoms with Gasteiger partial charge in [-0.2, -0.15) is 0 Å². The van der Waals surface area contributed by atoms with Crippen molar-refractivity contribution in [2.24, 2.45) is 0 Å². The van der Waals surface area contributed by atoms with Crippen LogP contribution in [-0.4, -0.2) is 4.70 Å². The van der Waals surface area contributed by atoms with Gasteiger partial charge in [-0.1, -0.05) is 143 Å². The molecule has 3 rings (SSSR count). The van der Waals surface area contributed by atoms with Gasteiger partial charge in [0.1, 0.15) is 0 Å². The molecule has 0 N–H and O–H groups in total. The van der Waals surface area contributed by atoms with Gasteiger partial charge in [0.05, 0.1) is 0 Å². The van der Waals surface area contributed by atoms with Gasteiger partial charge in [0.25, 0.3) is 0 Å². The molecule has 2 aromatic carbocycles. The van der Waals surface area contributed by atoms with E-state index in [1.807, 2.05) is 14.4 Å². The molecule has 1 aliphatic heterocycles. The molecule has 1 heterocycles. The van der Waals surface area contributed by atoms with E-state index in [0.29, 0.717) is 0 Å². The minimum atomic E-state index is 0.994. The molecule has 0 fully saturated rings. The van der Waals surface area contributed by atoms with E-state index in [4.69, 9.17) is 0 Å². The number of hydrogen-bond acceptors (Lipinski definition) is 0. The van der Waals surface area contributed by atoms with Crippen LogP contribution in [0, 0.1) is 0 Å². The van der Waals surface area contributed by atoms with Gasteiger partial charge in [0.2, 0.25) is 11.4 Å². The van der Waals surface area contributed by atoms with Crippen molar-refractivity contribution in [2.75, 3.05) is 0 Å². The van der Waals surface area contributed by atoms with Crippen molar-refractivity contribution >= 4 is 23.5 Å². The molecule has 0 saturated heterocycles. The molecule has 0 unspecified atom stereocenters. The molecule has 0 spiro atoms. The summed E-state index contributed by atoms with van der Waals surface area (Å²) in [4.78, 5) is 0. The third-order valence-corrected chi connectivity index (χ3v) is 12.7. The number of unbranched alkanes of at least 4 members (excludes halogenated alkanes) is 15. The maximum atomic E-state index is 12.4. The Balaban J connectivity index is 0.00000115. The van der Waals surface area contributed by atoms with E-state index < -0.39 is 0 Å². The van der Waals surface area contributed by atoms with Gasteiger partial charge < -0.3 is 5.53 Å². The fraction of sp³-hybridized carbons (Fsp3) is 0.636. The number of hydrogen-bond donors (Lipinski definition) is 0. The van der Waals surface area contributed by atoms with E-state index in [2.05, 4.69) is 116 Å². The number of aryl methyl sites for hydroxylation is 2. The molecule has 2 nitrogen and oxygen atoms in total. The average molecular weight is 836 g/mol. The van der Waals surface area contributed by atoms with Gasteiger partial charge in [0.15, 0.2) is 0 Å². The van der Waals surface area contributed by atoms with E-state index in [1.165, 1.54) is 147 Å². The average Bonchev–Trinajstić information content (AvgIpc) is 3.52. The Hall–Kier alpha value is -2.51. The second-order valence-electron chi connectivity index (χ2n) is 16.6. The standard InChI is InChI=1S/C47H70N2.2C4H9.Ni/c1-7-13-17-19-21-23-26-28-40-33-41(29-27-24-22-20-18-14-8-2)37-43(36-40)47-45(31-25-15-9-3)44(30-16-10-4)46(49(47)48)42-34-38(11-5)32-39(12-6)35-42;2*1-3-4-2;/h26-29,32-37H,7-25,30-31H2,1-6H3;2*1,3-4H2,2H3;. The molecule has 0 saturated carbocycles. The van der Waals surface area contributed by atoms with Crippen LogP contribution in [0.15, 0.2) is 59.7 Å². The van der Waals surface area contributed by atoms with Crippen LogP contribution in [0.25, 0.3) is 29.1 Å². The van der Waals surface area contributed by atoms with Crippen LogP contribution in [0.4, 0.5) is 0 Å². The summed E-state index contributed by atoms with van der Waals surface area (Å²) in [6.45, 7) is 18.1. The maximum absolute atomic E-state index is 12.4. The van der Waals surface area contributed by atoms with Crippen LogP contribution in [0.3, 0.4) is 0 Å². The summed E-state index contributed by atoms with van der Waals surface area (Å²) in [5.74, 6) is 0. The third-order valence-electron chi connectivity index (χ3n) is 11.3. The molecule has 0 amide bonds. The molecule has 58 heavy (non-hydrogen) atoms. The Labute approximate surface area is 366 Å². The van der Waals surface area contributed by atoms with Crippen LogP contribution in [-0.2, 0) is 27.3 Å². The summed E-state index contributed by atoms with van der Waals surface area (Å²) >= 11 is 1.94. The number of benzene rings is 2. The van der Waals surface area contributed by atoms with Crippen molar-refractivity contribution in [3.63, 3.8) is 0 Å². The topological polar surface area (TPSA) is 25.3 Å². The fourth-order valence-electron chi connectivity index (χ4n) is 7.63. The van der Waals surface area contributed by atoms with Crippen molar-refractivity contribution < 1.29 is 19.1 Å². The van der Waals surface area contributed by atoms with E-state index in [0.717, 1.165) is 80.3 Å². The Morgan fingerprint density at radius 2 is 0.862 bits per heavy atom. The third kappa shape index (κ3) is 19.7. The van der Waals surface area contributed by atoms with E-state index in [9.17, 15) is 5.53 Å². The minimum absolute atomic E-state index is 0.994. The molecule has 1 aliphatic rings. The Kier molecular flexibility index (Phi) is 29.6. The quantitative estimate of drug-likeness (QED) is 0.0411. The summed E-state index contributed by atoms with van der Waals surface area (Å²) in [6, 6.07) is 14.0. The summed E-state index contributed by atoms with van der Waals surface area (Å²) in [6.07, 6.45) is 40.0. The second-order valence-corrected chi connectivity index (χ2v) is 18.0. The summed E-state index contributed by atoms with van der Waals surface area (Å²) < 4.78 is 1.60. The Bertz CT molecular complexity index is 1470. The Morgan fingerprint density at radius 3 is 1.31 bits per heavy atom. The summed E-state index contributed by atoms with van der Waals surface area (Å²) in [7, 11) is 0. The monoisotopic (exact) mass is 835 g/mol. The molecule has 328 valence electrons. The van der Waals surface area contributed by atoms with Crippen molar-refractivity contribution in [3.8, 4) is 0 Å². The van der Waals surface area contributed by atoms with E-state index in [1.54, 1.807) is 4.70 Å². The predicted molar refractivity (Wildman–Crippen MR) is 257 cm³/mol. The molecule has 2 aromatic rings. The first-order valence-electron chi connectivity index (χ1n) is 24.4. The van der Waals surface area contributed by atoms with Crippen LogP contribution >= 0.6 is 0 Å². The van der Waals surface area contributed by atoms with Gasteiger partial charge >= 0.3 is 64.8 Å². The molecular weight excluding hydrogens is 747 g/mol. The van der Waals surface area contributed by atoms with Crippen LogP contribution in [0.2, 0.25) is 10.8 Å². The zero-order valence-corrected chi connectivity index (χ0v) is 40.1. The summed E-state index contributed by atoms with van der Waals surface area (Å²) in [5, 5.41) is 2.78. The van der Waals surface area contributed by atoms with Crippen molar-refractivity contribution in [2.45, 2.75) is 227 Å². The van der Waals surface area contributed by atoms with Gasteiger partial charge in [-0.3, -0.25) is 0 Å². The number of allylic oxidation sites excluding steroid dienone is 4. The number of nitrogens with zero attached hydrogens (tertiary/aromatic N) is 2. The van der Waals surface area contributed by atoms with Crippen LogP contribution in [0.5, 0.6) is 0 Å². The summed E-state index contributed by atoms with van der Waals surface area (Å²) in [5.41, 5.74) is 24.5. The van der Waals surface area contributed by atoms with E-state index in [-0.39, 0.29) is 0 Å². The number of rotatable bonds is 31. The second kappa shape index (κ2) is 33.2. The molecule has 3 heteroatoms. The first-order chi connectivity index (χ1) is 28.4. The molecule has 0 radical (unpaired) electrons.